The van der Waals surface area contributed by atoms with Crippen LogP contribution < -0.4 is 14.2 Å². The lowest BCUT2D eigenvalue weighted by Gasteiger charge is -2.12. The van der Waals surface area contributed by atoms with Crippen molar-refractivity contribution in [1.82, 2.24) is 10.1 Å². The smallest absolute Gasteiger partial charge is 0.344 e. The molecule has 31 heavy (non-hydrogen) atoms. The summed E-state index contributed by atoms with van der Waals surface area (Å²) in [5.41, 5.74) is 3.00. The van der Waals surface area contributed by atoms with Gasteiger partial charge in [0.2, 0.25) is 5.82 Å². The van der Waals surface area contributed by atoms with Crippen LogP contribution in [0.2, 0.25) is 0 Å². The fourth-order valence-corrected chi connectivity index (χ4v) is 3.12. The Hall–Kier alpha value is -3.55. The molecule has 0 saturated carbocycles. The maximum Gasteiger partial charge on any atom is 0.344 e. The summed E-state index contributed by atoms with van der Waals surface area (Å²) in [4.78, 5) is 16.3. The van der Waals surface area contributed by atoms with E-state index in [4.69, 9.17) is 23.5 Å². The number of esters is 1. The average Bonchev–Trinajstić information content (AvgIpc) is 3.24. The molecular weight excluding hydrogens is 400 g/mol. The predicted octanol–water partition coefficient (Wildman–Crippen LogP) is 4.31. The summed E-state index contributed by atoms with van der Waals surface area (Å²) in [6.07, 6.45) is 0. The van der Waals surface area contributed by atoms with E-state index in [9.17, 15) is 4.79 Å². The fourth-order valence-electron chi connectivity index (χ4n) is 3.12. The second kappa shape index (κ2) is 9.97. The Kier molecular flexibility index (Phi) is 7.12. The Morgan fingerprint density at radius 3 is 2.52 bits per heavy atom. The second-order valence-corrected chi connectivity index (χ2v) is 7.20. The molecule has 2 aromatic carbocycles. The van der Waals surface area contributed by atoms with Crippen LogP contribution in [0, 0.1) is 6.92 Å². The standard InChI is InChI=1S/C23H26N2O6/c1-14(2)18-8-7-17(10-15(18)3)29-13-22(26)30-12-21-24-23(25-31-21)19-9-6-16(27-4)11-20(19)28-5/h6-11,14H,12-13H2,1-5H3. The van der Waals surface area contributed by atoms with Crippen molar-refractivity contribution in [1.29, 1.82) is 0 Å². The molecule has 0 aliphatic carbocycles. The zero-order valence-corrected chi connectivity index (χ0v) is 18.3. The van der Waals surface area contributed by atoms with Gasteiger partial charge in [0.15, 0.2) is 13.2 Å². The molecule has 0 saturated heterocycles. The van der Waals surface area contributed by atoms with Gasteiger partial charge in [0, 0.05) is 6.07 Å². The Balaban J connectivity index is 1.55. The van der Waals surface area contributed by atoms with E-state index in [1.807, 2.05) is 25.1 Å². The van der Waals surface area contributed by atoms with Crippen LogP contribution in [0.1, 0.15) is 36.8 Å². The minimum absolute atomic E-state index is 0.154. The van der Waals surface area contributed by atoms with Crippen LogP contribution in [0.5, 0.6) is 17.2 Å². The molecule has 0 spiro atoms. The first-order chi connectivity index (χ1) is 14.9. The zero-order valence-electron chi connectivity index (χ0n) is 18.3. The number of aromatic nitrogens is 2. The van der Waals surface area contributed by atoms with Crippen molar-refractivity contribution in [3.63, 3.8) is 0 Å². The number of hydrogen-bond acceptors (Lipinski definition) is 8. The summed E-state index contributed by atoms with van der Waals surface area (Å²) >= 11 is 0. The molecule has 0 aliphatic rings. The van der Waals surface area contributed by atoms with Gasteiger partial charge in [-0.2, -0.15) is 4.98 Å². The molecule has 0 bridgehead atoms. The van der Waals surface area contributed by atoms with E-state index in [2.05, 4.69) is 24.0 Å². The molecule has 164 valence electrons. The van der Waals surface area contributed by atoms with Gasteiger partial charge in [0.1, 0.15) is 17.2 Å². The molecule has 8 heteroatoms. The minimum Gasteiger partial charge on any atom is -0.497 e. The Morgan fingerprint density at radius 1 is 1.06 bits per heavy atom. The van der Waals surface area contributed by atoms with E-state index in [1.165, 1.54) is 5.56 Å². The molecule has 0 N–H and O–H groups in total. The quantitative estimate of drug-likeness (QED) is 0.468. The summed E-state index contributed by atoms with van der Waals surface area (Å²) < 4.78 is 26.4. The highest BCUT2D eigenvalue weighted by atomic mass is 16.6. The number of carbonyl (C=O) groups excluding carboxylic acids is 1. The molecule has 1 aromatic heterocycles. The first-order valence-corrected chi connectivity index (χ1v) is 9.85. The second-order valence-electron chi connectivity index (χ2n) is 7.20. The maximum absolute atomic E-state index is 12.0. The van der Waals surface area contributed by atoms with Crippen LogP contribution in [0.4, 0.5) is 0 Å². The number of benzene rings is 2. The van der Waals surface area contributed by atoms with Gasteiger partial charge >= 0.3 is 5.97 Å². The molecule has 1 heterocycles. The molecule has 0 aliphatic heterocycles. The summed E-state index contributed by atoms with van der Waals surface area (Å²) in [6, 6.07) is 11.0. The Bertz CT molecular complexity index is 1040. The van der Waals surface area contributed by atoms with Gasteiger partial charge in [-0.1, -0.05) is 25.1 Å². The van der Waals surface area contributed by atoms with Crippen molar-refractivity contribution in [2.24, 2.45) is 0 Å². The lowest BCUT2D eigenvalue weighted by Crippen LogP contribution is -2.15. The number of aryl methyl sites for hydroxylation is 1. The van der Waals surface area contributed by atoms with Gasteiger partial charge in [-0.3, -0.25) is 0 Å². The SMILES string of the molecule is COc1ccc(-c2noc(COC(=O)COc3ccc(C(C)C)c(C)c3)n2)c(OC)c1. The van der Waals surface area contributed by atoms with Crippen LogP contribution in [0.15, 0.2) is 40.9 Å². The molecule has 8 nitrogen and oxygen atoms in total. The first kappa shape index (κ1) is 22.1. The topological polar surface area (TPSA) is 92.9 Å². The van der Waals surface area contributed by atoms with Crippen molar-refractivity contribution in [2.75, 3.05) is 20.8 Å². The van der Waals surface area contributed by atoms with E-state index in [-0.39, 0.29) is 19.1 Å². The molecule has 0 unspecified atom stereocenters. The molecule has 0 atom stereocenters. The van der Waals surface area contributed by atoms with Crippen LogP contribution in [0.3, 0.4) is 0 Å². The molecule has 0 radical (unpaired) electrons. The largest absolute Gasteiger partial charge is 0.497 e. The number of carbonyl (C=O) groups is 1. The predicted molar refractivity (Wildman–Crippen MR) is 113 cm³/mol. The van der Waals surface area contributed by atoms with Crippen molar-refractivity contribution in [3.05, 3.63) is 53.4 Å². The normalized spacial score (nSPS) is 10.8. The zero-order chi connectivity index (χ0) is 22.4. The van der Waals surface area contributed by atoms with Gasteiger partial charge in [0.05, 0.1) is 19.8 Å². The Morgan fingerprint density at radius 2 is 1.84 bits per heavy atom. The van der Waals surface area contributed by atoms with Crippen LogP contribution in [-0.2, 0) is 16.1 Å². The third-order valence-corrected chi connectivity index (χ3v) is 4.69. The van der Waals surface area contributed by atoms with Crippen molar-refractivity contribution in [2.45, 2.75) is 33.3 Å². The van der Waals surface area contributed by atoms with Crippen molar-refractivity contribution < 1.29 is 28.3 Å². The lowest BCUT2D eigenvalue weighted by molar-refractivity contribution is -0.148. The highest BCUT2D eigenvalue weighted by Crippen LogP contribution is 2.31. The number of methoxy groups -OCH3 is 2. The summed E-state index contributed by atoms with van der Waals surface area (Å²) in [5.74, 6) is 2.18. The van der Waals surface area contributed by atoms with E-state index in [0.717, 1.165) is 5.56 Å². The number of nitrogens with zero attached hydrogens (tertiary/aromatic N) is 2. The van der Waals surface area contributed by atoms with Gasteiger partial charge < -0.3 is 23.5 Å². The minimum atomic E-state index is -0.535. The van der Waals surface area contributed by atoms with Gasteiger partial charge in [-0.25, -0.2) is 4.79 Å². The highest BCUT2D eigenvalue weighted by Gasteiger charge is 2.16. The van der Waals surface area contributed by atoms with Crippen LogP contribution in [-0.4, -0.2) is 36.9 Å². The van der Waals surface area contributed by atoms with E-state index < -0.39 is 5.97 Å². The lowest BCUT2D eigenvalue weighted by atomic mass is 9.98. The summed E-state index contributed by atoms with van der Waals surface area (Å²) in [6.45, 7) is 5.92. The maximum atomic E-state index is 12.0. The Labute approximate surface area is 181 Å². The average molecular weight is 426 g/mol. The van der Waals surface area contributed by atoms with Crippen LogP contribution >= 0.6 is 0 Å². The van der Waals surface area contributed by atoms with E-state index >= 15 is 0 Å². The van der Waals surface area contributed by atoms with E-state index in [1.54, 1.807) is 32.4 Å². The van der Waals surface area contributed by atoms with Crippen molar-refractivity contribution in [3.8, 4) is 28.6 Å². The van der Waals surface area contributed by atoms with Gasteiger partial charge in [-0.15, -0.1) is 0 Å². The highest BCUT2D eigenvalue weighted by molar-refractivity contribution is 5.71. The summed E-state index contributed by atoms with van der Waals surface area (Å²) in [5, 5.41) is 3.92. The third kappa shape index (κ3) is 5.53. The molecule has 0 amide bonds. The van der Waals surface area contributed by atoms with Crippen LogP contribution in [0.25, 0.3) is 11.4 Å². The van der Waals surface area contributed by atoms with Gasteiger partial charge in [-0.05, 0) is 48.2 Å². The molecule has 3 rings (SSSR count). The number of rotatable bonds is 9. The molecule has 0 fully saturated rings. The molecular formula is C23H26N2O6. The summed E-state index contributed by atoms with van der Waals surface area (Å²) in [7, 11) is 3.11. The van der Waals surface area contributed by atoms with Gasteiger partial charge in [0.25, 0.3) is 5.89 Å². The first-order valence-electron chi connectivity index (χ1n) is 9.85. The van der Waals surface area contributed by atoms with Crippen molar-refractivity contribution >= 4 is 5.97 Å². The molecule has 3 aromatic rings. The third-order valence-electron chi connectivity index (χ3n) is 4.69. The fraction of sp³-hybridized carbons (Fsp3) is 0.348. The number of ether oxygens (including phenoxy) is 4. The number of hydrogen-bond donors (Lipinski definition) is 0. The monoisotopic (exact) mass is 426 g/mol. The van der Waals surface area contributed by atoms with E-state index in [0.29, 0.717) is 34.6 Å².